The molecule has 0 heterocycles. The third kappa shape index (κ3) is 16.8. The second-order valence-electron chi connectivity index (χ2n) is 6.43. The number of nitrogens with two attached hydrogens (primary N) is 3. The van der Waals surface area contributed by atoms with Crippen molar-refractivity contribution in [3.63, 3.8) is 0 Å². The second-order valence-corrected chi connectivity index (χ2v) is 6.43. The fourth-order valence-corrected chi connectivity index (χ4v) is 1.83. The standard InChI is InChI=1S/C14H27N5O6.C2HF3O2/c15-8(12(21)19-6-2-4-9(16)13(22)23)3-1-5-18-11(20)7-10(17)14(24)25;3-2(4,5)1(6)7/h8-10H,1-7,15-17H2,(H,18,20)(H,19,21)(H,22,23)(H,24,25);(H,6,7)/t8-,9-,10-;/m0./s1. The van der Waals surface area contributed by atoms with Crippen LogP contribution in [0.1, 0.15) is 32.1 Å². The van der Waals surface area contributed by atoms with E-state index in [1.54, 1.807) is 0 Å². The molecule has 0 aromatic carbocycles. The van der Waals surface area contributed by atoms with Gasteiger partial charge in [-0.2, -0.15) is 13.2 Å². The Bertz CT molecular complexity index is 648. The van der Waals surface area contributed by atoms with Crippen LogP contribution in [0, 0.1) is 0 Å². The molecule has 32 heavy (non-hydrogen) atoms. The van der Waals surface area contributed by atoms with E-state index >= 15 is 0 Å². The van der Waals surface area contributed by atoms with Crippen LogP contribution in [0.4, 0.5) is 13.2 Å². The van der Waals surface area contributed by atoms with Gasteiger partial charge in [0.15, 0.2) is 0 Å². The molecule has 186 valence electrons. The molecule has 0 spiro atoms. The van der Waals surface area contributed by atoms with Gasteiger partial charge in [0.1, 0.15) is 12.1 Å². The van der Waals surface area contributed by atoms with Gasteiger partial charge in [-0.15, -0.1) is 0 Å². The largest absolute Gasteiger partial charge is 0.490 e. The van der Waals surface area contributed by atoms with Crippen molar-refractivity contribution in [3.8, 4) is 0 Å². The van der Waals surface area contributed by atoms with E-state index in [9.17, 15) is 32.3 Å². The van der Waals surface area contributed by atoms with Gasteiger partial charge in [0.2, 0.25) is 11.8 Å². The molecule has 0 fully saturated rings. The average Bonchev–Trinajstić information content (AvgIpc) is 2.67. The molecular weight excluding hydrogens is 447 g/mol. The Morgan fingerprint density at radius 2 is 1.16 bits per heavy atom. The number of amides is 2. The summed E-state index contributed by atoms with van der Waals surface area (Å²) in [6.45, 7) is 0.525. The van der Waals surface area contributed by atoms with Crippen molar-refractivity contribution < 1.29 is 52.5 Å². The highest BCUT2D eigenvalue weighted by Gasteiger charge is 2.38. The van der Waals surface area contributed by atoms with Crippen LogP contribution in [-0.4, -0.2) is 82.4 Å². The molecule has 13 nitrogen and oxygen atoms in total. The minimum absolute atomic E-state index is 0.245. The zero-order valence-corrected chi connectivity index (χ0v) is 16.9. The smallest absolute Gasteiger partial charge is 0.480 e. The number of hydrogen-bond donors (Lipinski definition) is 8. The topological polar surface area (TPSA) is 248 Å². The number of carboxylic acids is 3. The first kappa shape index (κ1) is 31.2. The molecule has 0 saturated carbocycles. The SMILES string of the molecule is N[C@@H](CCCNC(=O)[C@@H](N)CCCNC(=O)C[C@H](N)C(=O)O)C(=O)O.O=C(O)C(F)(F)F. The highest BCUT2D eigenvalue weighted by Crippen LogP contribution is 2.13. The minimum Gasteiger partial charge on any atom is -0.480 e. The number of halogens is 3. The minimum atomic E-state index is -5.08. The Morgan fingerprint density at radius 1 is 0.750 bits per heavy atom. The van der Waals surface area contributed by atoms with E-state index in [4.69, 9.17) is 37.3 Å². The van der Waals surface area contributed by atoms with Gasteiger partial charge in [-0.05, 0) is 25.7 Å². The fourth-order valence-electron chi connectivity index (χ4n) is 1.83. The quantitative estimate of drug-likeness (QED) is 0.135. The molecule has 0 aliphatic carbocycles. The van der Waals surface area contributed by atoms with Crippen LogP contribution in [-0.2, 0) is 24.0 Å². The molecule has 16 heteroatoms. The predicted octanol–water partition coefficient (Wildman–Crippen LogP) is -2.05. The number of carbonyl (C=O) groups is 5. The Morgan fingerprint density at radius 3 is 1.56 bits per heavy atom. The zero-order valence-electron chi connectivity index (χ0n) is 16.9. The lowest BCUT2D eigenvalue weighted by Crippen LogP contribution is -2.42. The lowest BCUT2D eigenvalue weighted by Gasteiger charge is -2.13. The summed E-state index contributed by atoms with van der Waals surface area (Å²) in [6.07, 6.45) is -3.97. The lowest BCUT2D eigenvalue weighted by atomic mass is 10.1. The number of carboxylic acid groups (broad SMARTS) is 3. The third-order valence-electron chi connectivity index (χ3n) is 3.62. The number of nitrogens with one attached hydrogen (secondary N) is 2. The molecule has 11 N–H and O–H groups in total. The summed E-state index contributed by atoms with van der Waals surface area (Å²) in [4.78, 5) is 53.0. The number of hydrogen-bond acceptors (Lipinski definition) is 8. The lowest BCUT2D eigenvalue weighted by molar-refractivity contribution is -0.192. The van der Waals surface area contributed by atoms with E-state index in [2.05, 4.69) is 10.6 Å². The highest BCUT2D eigenvalue weighted by molar-refractivity contribution is 5.84. The van der Waals surface area contributed by atoms with Gasteiger partial charge in [-0.1, -0.05) is 0 Å². The van der Waals surface area contributed by atoms with Crippen molar-refractivity contribution in [1.82, 2.24) is 10.6 Å². The summed E-state index contributed by atoms with van der Waals surface area (Å²) in [7, 11) is 0. The molecule has 3 atom stereocenters. The summed E-state index contributed by atoms with van der Waals surface area (Å²) in [5.74, 6) is -5.95. The van der Waals surface area contributed by atoms with E-state index in [-0.39, 0.29) is 31.8 Å². The second kappa shape index (κ2) is 15.8. The van der Waals surface area contributed by atoms with Crippen LogP contribution in [0.5, 0.6) is 0 Å². The van der Waals surface area contributed by atoms with Crippen molar-refractivity contribution in [2.75, 3.05) is 13.1 Å². The maximum Gasteiger partial charge on any atom is 0.490 e. The van der Waals surface area contributed by atoms with Gasteiger partial charge in [0.05, 0.1) is 12.5 Å². The number of alkyl halides is 3. The van der Waals surface area contributed by atoms with Crippen LogP contribution >= 0.6 is 0 Å². The monoisotopic (exact) mass is 475 g/mol. The first-order valence-corrected chi connectivity index (χ1v) is 9.16. The molecule has 0 aliphatic heterocycles. The van der Waals surface area contributed by atoms with E-state index in [0.29, 0.717) is 19.3 Å². The van der Waals surface area contributed by atoms with Crippen molar-refractivity contribution >= 4 is 29.7 Å². The van der Waals surface area contributed by atoms with E-state index < -0.39 is 48.1 Å². The van der Waals surface area contributed by atoms with E-state index in [1.165, 1.54) is 0 Å². The van der Waals surface area contributed by atoms with Crippen LogP contribution in [0.2, 0.25) is 0 Å². The molecular formula is C16H28F3N5O8. The highest BCUT2D eigenvalue weighted by atomic mass is 19.4. The number of carbonyl (C=O) groups excluding carboxylic acids is 2. The number of rotatable bonds is 13. The molecule has 0 rings (SSSR count). The molecule has 0 aromatic rings. The molecule has 0 aliphatic rings. The van der Waals surface area contributed by atoms with Crippen LogP contribution < -0.4 is 27.8 Å². The van der Waals surface area contributed by atoms with Crippen molar-refractivity contribution in [2.45, 2.75) is 56.4 Å². The average molecular weight is 475 g/mol. The van der Waals surface area contributed by atoms with Gasteiger partial charge in [-0.25, -0.2) is 4.79 Å². The maximum absolute atomic E-state index is 11.7. The Kier molecular flexibility index (Phi) is 15.4. The van der Waals surface area contributed by atoms with Crippen molar-refractivity contribution in [3.05, 3.63) is 0 Å². The zero-order chi connectivity index (χ0) is 25.5. The van der Waals surface area contributed by atoms with Crippen molar-refractivity contribution in [1.29, 1.82) is 0 Å². The van der Waals surface area contributed by atoms with Gasteiger partial charge in [-0.3, -0.25) is 19.2 Å². The van der Waals surface area contributed by atoms with Crippen LogP contribution in [0.3, 0.4) is 0 Å². The summed E-state index contributed by atoms with van der Waals surface area (Å²) in [6, 6.07) is -2.96. The maximum atomic E-state index is 11.7. The van der Waals surface area contributed by atoms with Crippen LogP contribution in [0.25, 0.3) is 0 Å². The van der Waals surface area contributed by atoms with E-state index in [1.807, 2.05) is 0 Å². The summed E-state index contributed by atoms with van der Waals surface area (Å²) in [5, 5.41) is 29.4. The molecule has 0 unspecified atom stereocenters. The van der Waals surface area contributed by atoms with E-state index in [0.717, 1.165) is 0 Å². The van der Waals surface area contributed by atoms with Gasteiger partial charge in [0, 0.05) is 13.1 Å². The first-order chi connectivity index (χ1) is 14.6. The third-order valence-corrected chi connectivity index (χ3v) is 3.62. The predicted molar refractivity (Wildman–Crippen MR) is 102 cm³/mol. The Labute approximate surface area is 180 Å². The fraction of sp³-hybridized carbons (Fsp3) is 0.688. The summed E-state index contributed by atoms with van der Waals surface area (Å²) in [5.41, 5.74) is 16.3. The van der Waals surface area contributed by atoms with Gasteiger partial charge in [0.25, 0.3) is 0 Å². The van der Waals surface area contributed by atoms with Crippen LogP contribution in [0.15, 0.2) is 0 Å². The Balaban J connectivity index is 0. The molecule has 0 radical (unpaired) electrons. The first-order valence-electron chi connectivity index (χ1n) is 9.16. The molecule has 2 amide bonds. The van der Waals surface area contributed by atoms with Gasteiger partial charge < -0.3 is 43.2 Å². The summed E-state index contributed by atoms with van der Waals surface area (Å²) >= 11 is 0. The molecule has 0 aromatic heterocycles. The molecule has 0 saturated heterocycles. The number of aliphatic carboxylic acids is 3. The molecule has 0 bridgehead atoms. The summed E-state index contributed by atoms with van der Waals surface area (Å²) < 4.78 is 31.7. The normalized spacial score (nSPS) is 13.6. The van der Waals surface area contributed by atoms with Crippen molar-refractivity contribution in [2.24, 2.45) is 17.2 Å². The van der Waals surface area contributed by atoms with Gasteiger partial charge >= 0.3 is 24.1 Å². The Hall–Kier alpha value is -2.98.